The lowest BCUT2D eigenvalue weighted by Crippen LogP contribution is -2.00. The Kier molecular flexibility index (Phi) is 4.77. The quantitative estimate of drug-likeness (QED) is 0.208. The second kappa shape index (κ2) is 6.80. The van der Waals surface area contributed by atoms with Crippen LogP contribution in [0.2, 0.25) is 0 Å². The van der Waals surface area contributed by atoms with Crippen LogP contribution in [0.4, 0.5) is 33.3 Å². The second-order valence-corrected chi connectivity index (χ2v) is 6.83. The van der Waals surface area contributed by atoms with E-state index in [-0.39, 0.29) is 10.8 Å². The molecule has 0 aliphatic heterocycles. The van der Waals surface area contributed by atoms with E-state index in [0.717, 1.165) is 24.3 Å². The molecule has 0 unspecified atom stereocenters. The fourth-order valence-corrected chi connectivity index (χ4v) is 2.84. The zero-order chi connectivity index (χ0) is 20.8. The molecule has 0 atom stereocenters. The minimum absolute atomic E-state index is 0.0278. The van der Waals surface area contributed by atoms with Crippen LogP contribution >= 0.6 is 0 Å². The van der Waals surface area contributed by atoms with Crippen LogP contribution in [0.5, 0.6) is 5.75 Å². The minimum Gasteiger partial charge on any atom is -0.506 e. The molecule has 0 amide bonds. The number of benzene rings is 3. The third-order valence-corrected chi connectivity index (χ3v) is 4.53. The van der Waals surface area contributed by atoms with Gasteiger partial charge in [-0.1, -0.05) is 12.1 Å². The molecule has 0 aliphatic rings. The average molecular weight is 418 g/mol. The summed E-state index contributed by atoms with van der Waals surface area (Å²) in [4.78, 5) is -0.478. The summed E-state index contributed by atoms with van der Waals surface area (Å²) >= 11 is 0. The first kappa shape index (κ1) is 19.6. The Balaban J connectivity index is 2.19. The Bertz CT molecular complexity index is 1230. The zero-order valence-electron chi connectivity index (χ0n) is 13.3. The zero-order valence-corrected chi connectivity index (χ0v) is 14.1. The number of phenols is 1. The van der Waals surface area contributed by atoms with Crippen molar-refractivity contribution >= 4 is 32.3 Å². The summed E-state index contributed by atoms with van der Waals surface area (Å²) in [6, 6.07) is 5.35. The fraction of sp³-hybridized carbons (Fsp3) is 0. The van der Waals surface area contributed by atoms with Crippen LogP contribution in [0.15, 0.2) is 45.5 Å². The highest BCUT2D eigenvalue weighted by atomic mass is 32.2. The molecule has 0 saturated carbocycles. The highest BCUT2D eigenvalue weighted by molar-refractivity contribution is 7.85. The maximum atomic E-state index is 13.7. The molecule has 12 heteroatoms. The number of halogens is 5. The van der Waals surface area contributed by atoms with Crippen LogP contribution in [0.3, 0.4) is 0 Å². The summed E-state index contributed by atoms with van der Waals surface area (Å²) in [6.45, 7) is 0. The first-order valence-corrected chi connectivity index (χ1v) is 8.62. The lowest BCUT2D eigenvalue weighted by molar-refractivity contribution is 0.380. The lowest BCUT2D eigenvalue weighted by Gasteiger charge is -2.06. The summed E-state index contributed by atoms with van der Waals surface area (Å²) in [5, 5.41) is 16.4. The maximum Gasteiger partial charge on any atom is 0.294 e. The van der Waals surface area contributed by atoms with E-state index in [9.17, 15) is 35.5 Å². The molecular weight excluding hydrogens is 411 g/mol. The van der Waals surface area contributed by atoms with Crippen molar-refractivity contribution in [2.24, 2.45) is 10.2 Å². The van der Waals surface area contributed by atoms with Crippen molar-refractivity contribution in [2.75, 3.05) is 0 Å². The van der Waals surface area contributed by atoms with Gasteiger partial charge in [0.15, 0.2) is 29.0 Å². The third kappa shape index (κ3) is 3.27. The van der Waals surface area contributed by atoms with E-state index >= 15 is 0 Å². The van der Waals surface area contributed by atoms with E-state index in [1.807, 2.05) is 0 Å². The summed E-state index contributed by atoms with van der Waals surface area (Å²) in [5.41, 5.74) is -1.99. The van der Waals surface area contributed by atoms with Crippen LogP contribution in [0, 0.1) is 29.1 Å². The molecule has 28 heavy (non-hydrogen) atoms. The number of nitrogens with zero attached hydrogens (tertiary/aromatic N) is 2. The van der Waals surface area contributed by atoms with Gasteiger partial charge in [-0.2, -0.15) is 8.42 Å². The van der Waals surface area contributed by atoms with Gasteiger partial charge < -0.3 is 5.11 Å². The van der Waals surface area contributed by atoms with Gasteiger partial charge in [0, 0.05) is 5.39 Å². The number of hydrogen-bond donors (Lipinski definition) is 2. The van der Waals surface area contributed by atoms with Gasteiger partial charge in [-0.25, -0.2) is 22.0 Å². The van der Waals surface area contributed by atoms with E-state index in [2.05, 4.69) is 10.2 Å². The molecule has 6 nitrogen and oxygen atoms in total. The average Bonchev–Trinajstić information content (AvgIpc) is 2.65. The number of hydrogen-bond acceptors (Lipinski definition) is 5. The van der Waals surface area contributed by atoms with Gasteiger partial charge in [-0.3, -0.25) is 4.55 Å². The largest absolute Gasteiger partial charge is 0.506 e. The highest BCUT2D eigenvalue weighted by Crippen LogP contribution is 2.38. The predicted molar refractivity (Wildman–Crippen MR) is 85.8 cm³/mol. The summed E-state index contributed by atoms with van der Waals surface area (Å²) in [5.74, 6) is -11.8. The van der Waals surface area contributed by atoms with Crippen LogP contribution in [-0.4, -0.2) is 18.1 Å². The third-order valence-electron chi connectivity index (χ3n) is 3.68. The van der Waals surface area contributed by atoms with Crippen molar-refractivity contribution < 1.29 is 40.0 Å². The minimum atomic E-state index is -4.53. The summed E-state index contributed by atoms with van der Waals surface area (Å²) < 4.78 is 98.3. The molecule has 146 valence electrons. The molecule has 0 radical (unpaired) electrons. The van der Waals surface area contributed by atoms with Gasteiger partial charge in [0.05, 0.1) is 4.90 Å². The Labute approximate surface area is 153 Å². The predicted octanol–water partition coefficient (Wildman–Crippen LogP) is 4.90. The first-order valence-electron chi connectivity index (χ1n) is 7.18. The van der Waals surface area contributed by atoms with Crippen molar-refractivity contribution in [1.29, 1.82) is 0 Å². The van der Waals surface area contributed by atoms with Crippen LogP contribution in [0.1, 0.15) is 0 Å². The molecule has 3 rings (SSSR count). The van der Waals surface area contributed by atoms with E-state index < -0.39 is 61.2 Å². The second-order valence-electron chi connectivity index (χ2n) is 5.41. The van der Waals surface area contributed by atoms with Gasteiger partial charge in [-0.15, -0.1) is 10.2 Å². The number of fused-ring (bicyclic) bond motifs is 1. The standard InChI is InChI=1S/C16H7F5N2O4S/c17-10-11(18)13(20)16(14(21)12(10)19)23-22-15-8-3-2-7(28(25,26)27)5-6(8)1-4-9(15)24/h1-5,24H,(H,25,26,27). The number of azo groups is 1. The van der Waals surface area contributed by atoms with E-state index in [0.29, 0.717) is 0 Å². The SMILES string of the molecule is O=S(=O)(O)c1ccc2c(N=Nc3c(F)c(F)c(F)c(F)c3F)c(O)ccc2c1. The van der Waals surface area contributed by atoms with Crippen LogP contribution in [0.25, 0.3) is 10.8 Å². The van der Waals surface area contributed by atoms with Gasteiger partial charge >= 0.3 is 0 Å². The molecular formula is C16H7F5N2O4S. The molecule has 0 spiro atoms. The Morgan fingerprint density at radius 2 is 1.29 bits per heavy atom. The van der Waals surface area contributed by atoms with Crippen LogP contribution < -0.4 is 0 Å². The molecule has 0 saturated heterocycles. The smallest absolute Gasteiger partial charge is 0.294 e. The maximum absolute atomic E-state index is 13.7. The van der Waals surface area contributed by atoms with E-state index in [1.54, 1.807) is 0 Å². The highest BCUT2D eigenvalue weighted by Gasteiger charge is 2.26. The van der Waals surface area contributed by atoms with Gasteiger partial charge in [0.1, 0.15) is 11.4 Å². The molecule has 0 heterocycles. The van der Waals surface area contributed by atoms with E-state index in [1.165, 1.54) is 6.07 Å². The number of rotatable bonds is 3. The molecule has 0 aliphatic carbocycles. The first-order chi connectivity index (χ1) is 13.0. The topological polar surface area (TPSA) is 99.3 Å². The van der Waals surface area contributed by atoms with Crippen molar-refractivity contribution in [3.05, 3.63) is 59.4 Å². The monoisotopic (exact) mass is 418 g/mol. The fourth-order valence-electron chi connectivity index (χ4n) is 2.33. The number of aromatic hydroxyl groups is 1. The van der Waals surface area contributed by atoms with Gasteiger partial charge in [-0.05, 0) is 23.6 Å². The van der Waals surface area contributed by atoms with Crippen molar-refractivity contribution in [3.8, 4) is 5.75 Å². The lowest BCUT2D eigenvalue weighted by atomic mass is 10.1. The number of phenolic OH excluding ortho intramolecular Hbond substituents is 1. The van der Waals surface area contributed by atoms with E-state index in [4.69, 9.17) is 4.55 Å². The van der Waals surface area contributed by atoms with Crippen molar-refractivity contribution in [3.63, 3.8) is 0 Å². The van der Waals surface area contributed by atoms with Gasteiger partial charge in [0.2, 0.25) is 5.82 Å². The van der Waals surface area contributed by atoms with Crippen molar-refractivity contribution in [1.82, 2.24) is 0 Å². The Hall–Kier alpha value is -3.12. The van der Waals surface area contributed by atoms with Gasteiger partial charge in [0.25, 0.3) is 10.1 Å². The molecule has 3 aromatic carbocycles. The van der Waals surface area contributed by atoms with Crippen molar-refractivity contribution in [2.45, 2.75) is 4.90 Å². The molecule has 0 bridgehead atoms. The molecule has 0 fully saturated rings. The molecule has 3 aromatic rings. The Morgan fingerprint density at radius 3 is 1.86 bits per heavy atom. The Morgan fingerprint density at radius 1 is 0.750 bits per heavy atom. The van der Waals surface area contributed by atoms with Crippen LogP contribution in [-0.2, 0) is 10.1 Å². The normalized spacial score (nSPS) is 12.2. The summed E-state index contributed by atoms with van der Waals surface area (Å²) in [7, 11) is -4.53. The summed E-state index contributed by atoms with van der Waals surface area (Å²) in [6.07, 6.45) is 0. The molecule has 2 N–H and O–H groups in total. The molecule has 0 aromatic heterocycles.